The minimum atomic E-state index is -3.62. The summed E-state index contributed by atoms with van der Waals surface area (Å²) in [4.78, 5) is 11.5. The summed E-state index contributed by atoms with van der Waals surface area (Å²) in [6.07, 6.45) is 5.72. The van der Waals surface area contributed by atoms with E-state index in [9.17, 15) is 13.2 Å². The first kappa shape index (κ1) is 24.6. The number of ether oxygens (including phenoxy) is 1. The Hall–Kier alpha value is -1.70. The van der Waals surface area contributed by atoms with E-state index in [1.165, 1.54) is 7.11 Å². The number of benzene rings is 2. The number of sulfonamides is 1. The van der Waals surface area contributed by atoms with Crippen molar-refractivity contribution in [2.45, 2.75) is 62.8 Å². The van der Waals surface area contributed by atoms with Gasteiger partial charge in [0.05, 0.1) is 12.0 Å². The zero-order chi connectivity index (χ0) is 22.0. The summed E-state index contributed by atoms with van der Waals surface area (Å²) < 4.78 is 34.2. The van der Waals surface area contributed by atoms with E-state index in [1.54, 1.807) is 24.3 Å². The highest BCUT2D eigenvalue weighted by Crippen LogP contribution is 2.24. The number of hydrogen-bond donors (Lipinski definition) is 1. The zero-order valence-electron chi connectivity index (χ0n) is 17.6. The van der Waals surface area contributed by atoms with Crippen molar-refractivity contribution in [3.63, 3.8) is 0 Å². The number of esters is 1. The Morgan fingerprint density at radius 2 is 1.70 bits per heavy atom. The molecule has 0 radical (unpaired) electrons. The summed E-state index contributed by atoms with van der Waals surface area (Å²) in [5.41, 5.74) is 2.06. The van der Waals surface area contributed by atoms with Gasteiger partial charge in [-0.05, 0) is 54.7 Å². The third-order valence-electron chi connectivity index (χ3n) is 4.97. The van der Waals surface area contributed by atoms with Gasteiger partial charge in [0, 0.05) is 16.9 Å². The van der Waals surface area contributed by atoms with Crippen LogP contribution < -0.4 is 4.72 Å². The highest BCUT2D eigenvalue weighted by Gasteiger charge is 2.21. The van der Waals surface area contributed by atoms with Crippen LogP contribution in [-0.2, 0) is 26.0 Å². The maximum atomic E-state index is 12.9. The molecule has 1 N–H and O–H groups in total. The van der Waals surface area contributed by atoms with E-state index in [0.717, 1.165) is 54.1 Å². The van der Waals surface area contributed by atoms with E-state index in [0.29, 0.717) is 6.42 Å². The van der Waals surface area contributed by atoms with Gasteiger partial charge >= 0.3 is 5.97 Å². The monoisotopic (exact) mass is 495 g/mol. The molecule has 5 nitrogen and oxygen atoms in total. The Labute approximate surface area is 188 Å². The van der Waals surface area contributed by atoms with Gasteiger partial charge in [-0.3, -0.25) is 4.79 Å². The van der Waals surface area contributed by atoms with Crippen LogP contribution >= 0.6 is 15.9 Å². The van der Waals surface area contributed by atoms with Crippen molar-refractivity contribution in [3.8, 4) is 0 Å². The number of aryl methyl sites for hydroxylation is 1. The van der Waals surface area contributed by atoms with Crippen LogP contribution in [-0.4, -0.2) is 21.5 Å². The topological polar surface area (TPSA) is 72.5 Å². The number of nitrogens with one attached hydrogen (secondary N) is 1. The van der Waals surface area contributed by atoms with Gasteiger partial charge < -0.3 is 4.74 Å². The molecule has 2 aromatic carbocycles. The van der Waals surface area contributed by atoms with Crippen LogP contribution in [0, 0.1) is 0 Å². The van der Waals surface area contributed by atoms with Gasteiger partial charge in [-0.15, -0.1) is 0 Å². The van der Waals surface area contributed by atoms with Gasteiger partial charge in [-0.2, -0.15) is 0 Å². The fourth-order valence-electron chi connectivity index (χ4n) is 3.22. The molecule has 0 spiro atoms. The van der Waals surface area contributed by atoms with Gasteiger partial charge in [0.2, 0.25) is 10.0 Å². The zero-order valence-corrected chi connectivity index (χ0v) is 20.0. The highest BCUT2D eigenvalue weighted by atomic mass is 79.9. The molecule has 0 saturated heterocycles. The lowest BCUT2D eigenvalue weighted by Gasteiger charge is -2.20. The van der Waals surface area contributed by atoms with Crippen molar-refractivity contribution < 1.29 is 17.9 Å². The molecular formula is C23H30BrNO4S. The largest absolute Gasteiger partial charge is 0.469 e. The van der Waals surface area contributed by atoms with Crippen LogP contribution in [0.1, 0.15) is 62.6 Å². The van der Waals surface area contributed by atoms with Gasteiger partial charge in [0.25, 0.3) is 0 Å². The molecule has 0 aromatic heterocycles. The van der Waals surface area contributed by atoms with Gasteiger partial charge in [-0.1, -0.05) is 66.4 Å². The van der Waals surface area contributed by atoms with Crippen LogP contribution in [0.5, 0.6) is 0 Å². The smallest absolute Gasteiger partial charge is 0.305 e. The van der Waals surface area contributed by atoms with E-state index in [1.807, 2.05) is 24.3 Å². The average Bonchev–Trinajstić information content (AvgIpc) is 2.74. The molecular weight excluding hydrogens is 466 g/mol. The Kier molecular flexibility index (Phi) is 10.0. The minimum absolute atomic E-state index is 0.204. The number of rotatable bonds is 12. The molecule has 164 valence electrons. The number of carbonyl (C=O) groups excluding carboxylic acids is 1. The van der Waals surface area contributed by atoms with Crippen LogP contribution in [0.2, 0.25) is 0 Å². The molecule has 0 fully saturated rings. The van der Waals surface area contributed by atoms with Crippen LogP contribution in [0.25, 0.3) is 0 Å². The molecule has 7 heteroatoms. The lowest BCUT2D eigenvalue weighted by Crippen LogP contribution is -2.28. The summed E-state index contributed by atoms with van der Waals surface area (Å²) in [7, 11) is -2.23. The van der Waals surface area contributed by atoms with Crippen molar-refractivity contribution in [1.82, 2.24) is 4.72 Å². The molecule has 1 unspecified atom stereocenters. The molecule has 2 rings (SSSR count). The Balaban J connectivity index is 2.11. The first-order chi connectivity index (χ1) is 14.4. The van der Waals surface area contributed by atoms with Crippen molar-refractivity contribution >= 4 is 31.9 Å². The molecule has 0 heterocycles. The van der Waals surface area contributed by atoms with Gasteiger partial charge in [0.15, 0.2) is 0 Å². The molecule has 0 aliphatic rings. The maximum Gasteiger partial charge on any atom is 0.305 e. The standard InChI is InChI=1S/C23H30BrNO4S/c1-3-4-5-8-22(25-30(27,28)21-16-14-20(24)15-17-21)19-12-10-18(11-13-19)7-6-9-23(26)29-2/h10-17,22,25H,3-9H2,1-2H3. The third kappa shape index (κ3) is 7.85. The van der Waals surface area contributed by atoms with Gasteiger partial charge in [0.1, 0.15) is 0 Å². The number of hydrogen-bond acceptors (Lipinski definition) is 4. The van der Waals surface area contributed by atoms with Crippen LogP contribution in [0.15, 0.2) is 57.9 Å². The summed E-state index contributed by atoms with van der Waals surface area (Å²) in [6, 6.07) is 14.3. The van der Waals surface area contributed by atoms with Crippen LogP contribution in [0.3, 0.4) is 0 Å². The van der Waals surface area contributed by atoms with E-state index >= 15 is 0 Å². The van der Waals surface area contributed by atoms with Crippen molar-refractivity contribution in [3.05, 3.63) is 64.1 Å². The third-order valence-corrected chi connectivity index (χ3v) is 6.99. The first-order valence-electron chi connectivity index (χ1n) is 10.3. The molecule has 30 heavy (non-hydrogen) atoms. The second kappa shape index (κ2) is 12.2. The maximum absolute atomic E-state index is 12.9. The number of halogens is 1. The van der Waals surface area contributed by atoms with Gasteiger partial charge in [-0.25, -0.2) is 13.1 Å². The Morgan fingerprint density at radius 1 is 1.03 bits per heavy atom. The molecule has 0 bridgehead atoms. The Bertz CT molecular complexity index is 896. The molecule has 2 aromatic rings. The lowest BCUT2D eigenvalue weighted by atomic mass is 9.99. The fourth-order valence-corrected chi connectivity index (χ4v) is 4.74. The molecule has 0 saturated carbocycles. The predicted molar refractivity (Wildman–Crippen MR) is 123 cm³/mol. The SMILES string of the molecule is CCCCCC(NS(=O)(=O)c1ccc(Br)cc1)c1ccc(CCCC(=O)OC)cc1. The average molecular weight is 496 g/mol. The lowest BCUT2D eigenvalue weighted by molar-refractivity contribution is -0.140. The van der Waals surface area contributed by atoms with E-state index in [4.69, 9.17) is 0 Å². The second-order valence-electron chi connectivity index (χ2n) is 7.29. The molecule has 1 atom stereocenters. The molecule has 0 aliphatic heterocycles. The van der Waals surface area contributed by atoms with Crippen molar-refractivity contribution in [1.29, 1.82) is 0 Å². The van der Waals surface area contributed by atoms with E-state index in [2.05, 4.69) is 32.3 Å². The summed E-state index contributed by atoms with van der Waals surface area (Å²) >= 11 is 3.34. The fraction of sp³-hybridized carbons (Fsp3) is 0.435. The second-order valence-corrected chi connectivity index (χ2v) is 9.92. The van der Waals surface area contributed by atoms with E-state index < -0.39 is 10.0 Å². The van der Waals surface area contributed by atoms with Crippen LogP contribution in [0.4, 0.5) is 0 Å². The molecule has 0 amide bonds. The van der Waals surface area contributed by atoms with E-state index in [-0.39, 0.29) is 16.9 Å². The van der Waals surface area contributed by atoms with Crippen molar-refractivity contribution in [2.75, 3.05) is 7.11 Å². The minimum Gasteiger partial charge on any atom is -0.469 e. The summed E-state index contributed by atoms with van der Waals surface area (Å²) in [5.74, 6) is -0.204. The summed E-state index contributed by atoms with van der Waals surface area (Å²) in [6.45, 7) is 2.13. The predicted octanol–water partition coefficient (Wildman–Crippen LogP) is 5.54. The Morgan fingerprint density at radius 3 is 2.30 bits per heavy atom. The first-order valence-corrected chi connectivity index (χ1v) is 12.6. The van der Waals surface area contributed by atoms with Crippen molar-refractivity contribution in [2.24, 2.45) is 0 Å². The quantitative estimate of drug-likeness (QED) is 0.309. The number of unbranched alkanes of at least 4 members (excludes halogenated alkanes) is 2. The normalized spacial score (nSPS) is 12.5. The number of carbonyl (C=O) groups is 1. The summed E-state index contributed by atoms with van der Waals surface area (Å²) in [5, 5.41) is 0. The highest BCUT2D eigenvalue weighted by molar-refractivity contribution is 9.10. The number of methoxy groups -OCH3 is 1. The molecule has 0 aliphatic carbocycles.